The maximum Gasteiger partial charge on any atom is 0.194 e. The molecule has 4 heteroatoms. The Morgan fingerprint density at radius 1 is 0.742 bits per heavy atom. The van der Waals surface area contributed by atoms with Gasteiger partial charge < -0.3 is 0 Å². The normalized spacial score (nSPS) is 13.1. The van der Waals surface area contributed by atoms with Crippen molar-refractivity contribution in [1.82, 2.24) is 0 Å². The van der Waals surface area contributed by atoms with Gasteiger partial charge in [-0.2, -0.15) is 0 Å². The minimum Gasteiger partial charge on any atom is -0.206 e. The van der Waals surface area contributed by atoms with E-state index < -0.39 is 23.3 Å². The van der Waals surface area contributed by atoms with Crippen LogP contribution in [-0.4, -0.2) is 0 Å². The van der Waals surface area contributed by atoms with Gasteiger partial charge in [0.1, 0.15) is 5.82 Å². The van der Waals surface area contributed by atoms with Gasteiger partial charge in [-0.05, 0) is 71.2 Å². The van der Waals surface area contributed by atoms with Gasteiger partial charge in [0.05, 0.1) is 0 Å². The molecule has 0 radical (unpaired) electrons. The Morgan fingerprint density at radius 2 is 1.45 bits per heavy atom. The molecule has 0 heterocycles. The Morgan fingerprint density at radius 3 is 2.13 bits per heavy atom. The van der Waals surface area contributed by atoms with Gasteiger partial charge in [0.2, 0.25) is 0 Å². The van der Waals surface area contributed by atoms with Crippen LogP contribution >= 0.6 is 0 Å². The van der Waals surface area contributed by atoms with E-state index in [9.17, 15) is 13.2 Å². The summed E-state index contributed by atoms with van der Waals surface area (Å²) in [7, 11) is 0. The van der Waals surface area contributed by atoms with Gasteiger partial charge in [-0.3, -0.25) is 0 Å². The monoisotopic (exact) mass is 424 g/mol. The Hall–Kier alpha value is -2.88. The Balaban J connectivity index is 1.61. The van der Waals surface area contributed by atoms with E-state index in [1.54, 1.807) is 6.07 Å². The lowest BCUT2D eigenvalue weighted by Gasteiger charge is -2.19. The second kappa shape index (κ2) is 9.09. The maximum atomic E-state index is 15.2. The summed E-state index contributed by atoms with van der Waals surface area (Å²) in [4.78, 5) is 0. The van der Waals surface area contributed by atoms with Crippen LogP contribution in [0.3, 0.4) is 0 Å². The molecular formula is C27H24F4. The lowest BCUT2D eigenvalue weighted by atomic mass is 9.86. The third-order valence-electron chi connectivity index (χ3n) is 5.94. The SMILES string of the molecule is CCCCCc1ccc(C2=Cc3ccc(-c4cc(F)c(F)c(F)c4)c(F)c3CC2)cc1. The van der Waals surface area contributed by atoms with Gasteiger partial charge in [0.15, 0.2) is 17.5 Å². The third-order valence-corrected chi connectivity index (χ3v) is 5.94. The zero-order valence-electron chi connectivity index (χ0n) is 17.5. The molecular weight excluding hydrogens is 400 g/mol. The predicted molar refractivity (Wildman–Crippen MR) is 118 cm³/mol. The molecule has 0 aromatic heterocycles. The van der Waals surface area contributed by atoms with Crippen LogP contribution in [0.15, 0.2) is 48.5 Å². The smallest absolute Gasteiger partial charge is 0.194 e. The molecule has 3 aromatic carbocycles. The molecule has 0 N–H and O–H groups in total. The van der Waals surface area contributed by atoms with Crippen molar-refractivity contribution < 1.29 is 17.6 Å². The van der Waals surface area contributed by atoms with E-state index >= 15 is 4.39 Å². The van der Waals surface area contributed by atoms with E-state index in [4.69, 9.17) is 0 Å². The number of halogens is 4. The first-order valence-electron chi connectivity index (χ1n) is 10.7. The quantitative estimate of drug-likeness (QED) is 0.213. The molecule has 0 saturated heterocycles. The van der Waals surface area contributed by atoms with Crippen molar-refractivity contribution in [2.75, 3.05) is 0 Å². The van der Waals surface area contributed by atoms with E-state index in [0.29, 0.717) is 18.4 Å². The summed E-state index contributed by atoms with van der Waals surface area (Å²) in [5, 5.41) is 0. The minimum atomic E-state index is -1.55. The van der Waals surface area contributed by atoms with E-state index in [-0.39, 0.29) is 11.1 Å². The molecule has 31 heavy (non-hydrogen) atoms. The fourth-order valence-corrected chi connectivity index (χ4v) is 4.17. The summed E-state index contributed by atoms with van der Waals surface area (Å²) in [6.45, 7) is 2.19. The molecule has 1 aliphatic rings. The van der Waals surface area contributed by atoms with Gasteiger partial charge in [-0.1, -0.05) is 62.2 Å². The first kappa shape index (κ1) is 21.4. The standard InChI is InChI=1S/C27H24F4/c1-2-3-4-5-17-6-8-18(9-7-17)19-10-12-22-20(14-19)11-13-23(26(22)30)21-15-24(28)27(31)25(29)16-21/h6-9,11,13-16H,2-5,10,12H2,1H3. The largest absolute Gasteiger partial charge is 0.206 e. The molecule has 0 spiro atoms. The maximum absolute atomic E-state index is 15.2. The molecule has 0 bridgehead atoms. The fourth-order valence-electron chi connectivity index (χ4n) is 4.17. The summed E-state index contributed by atoms with van der Waals surface area (Å²) in [5.74, 6) is -4.71. The zero-order chi connectivity index (χ0) is 22.0. The number of allylic oxidation sites excluding steroid dienone is 1. The molecule has 0 saturated carbocycles. The fraction of sp³-hybridized carbons (Fsp3) is 0.259. The Labute approximate surface area is 180 Å². The van der Waals surface area contributed by atoms with E-state index in [1.807, 2.05) is 6.08 Å². The second-order valence-corrected chi connectivity index (χ2v) is 8.07. The van der Waals surface area contributed by atoms with Crippen molar-refractivity contribution in [3.05, 3.63) is 94.1 Å². The number of benzene rings is 3. The number of fused-ring (bicyclic) bond motifs is 1. The highest BCUT2D eigenvalue weighted by Gasteiger charge is 2.20. The first-order valence-corrected chi connectivity index (χ1v) is 10.7. The molecule has 160 valence electrons. The highest BCUT2D eigenvalue weighted by atomic mass is 19.2. The van der Waals surface area contributed by atoms with Crippen LogP contribution in [0, 0.1) is 23.3 Å². The number of hydrogen-bond donors (Lipinski definition) is 0. The van der Waals surface area contributed by atoms with Crippen molar-refractivity contribution >= 4 is 11.6 Å². The van der Waals surface area contributed by atoms with Crippen molar-refractivity contribution in [3.8, 4) is 11.1 Å². The van der Waals surface area contributed by atoms with Crippen LogP contribution in [0.1, 0.15) is 54.9 Å². The molecule has 0 atom stereocenters. The van der Waals surface area contributed by atoms with Crippen LogP contribution in [0.4, 0.5) is 17.6 Å². The second-order valence-electron chi connectivity index (χ2n) is 8.07. The lowest BCUT2D eigenvalue weighted by Crippen LogP contribution is -2.04. The molecule has 0 fully saturated rings. The molecule has 0 aliphatic heterocycles. The van der Waals surface area contributed by atoms with Crippen LogP contribution in [-0.2, 0) is 12.8 Å². The highest BCUT2D eigenvalue weighted by Crippen LogP contribution is 2.36. The van der Waals surface area contributed by atoms with Gasteiger partial charge in [0, 0.05) is 5.56 Å². The summed E-state index contributed by atoms with van der Waals surface area (Å²) in [5.41, 5.74) is 4.93. The third kappa shape index (κ3) is 4.43. The summed E-state index contributed by atoms with van der Waals surface area (Å²) >= 11 is 0. The van der Waals surface area contributed by atoms with E-state index in [0.717, 1.165) is 35.3 Å². The van der Waals surface area contributed by atoms with Gasteiger partial charge >= 0.3 is 0 Å². The number of unbranched alkanes of at least 4 members (excludes halogenated alkanes) is 2. The summed E-state index contributed by atoms with van der Waals surface area (Å²) in [6.07, 6.45) is 7.84. The van der Waals surface area contributed by atoms with Crippen molar-refractivity contribution in [3.63, 3.8) is 0 Å². The summed E-state index contributed by atoms with van der Waals surface area (Å²) < 4.78 is 55.6. The number of rotatable bonds is 6. The van der Waals surface area contributed by atoms with Crippen LogP contribution in [0.2, 0.25) is 0 Å². The molecule has 3 aromatic rings. The molecule has 4 rings (SSSR count). The van der Waals surface area contributed by atoms with Gasteiger partial charge in [-0.15, -0.1) is 0 Å². The Bertz CT molecular complexity index is 1100. The van der Waals surface area contributed by atoms with Crippen LogP contribution in [0.5, 0.6) is 0 Å². The van der Waals surface area contributed by atoms with Gasteiger partial charge in [-0.25, -0.2) is 17.6 Å². The molecule has 0 amide bonds. The van der Waals surface area contributed by atoms with Crippen molar-refractivity contribution in [2.45, 2.75) is 45.4 Å². The van der Waals surface area contributed by atoms with Crippen LogP contribution < -0.4 is 0 Å². The molecule has 1 aliphatic carbocycles. The zero-order valence-corrected chi connectivity index (χ0v) is 17.5. The van der Waals surface area contributed by atoms with E-state index in [1.165, 1.54) is 30.9 Å². The highest BCUT2D eigenvalue weighted by molar-refractivity contribution is 5.85. The lowest BCUT2D eigenvalue weighted by molar-refractivity contribution is 0.447. The average molecular weight is 424 g/mol. The molecule has 0 nitrogen and oxygen atoms in total. The van der Waals surface area contributed by atoms with Crippen LogP contribution in [0.25, 0.3) is 22.8 Å². The minimum absolute atomic E-state index is 0.00913. The van der Waals surface area contributed by atoms with Gasteiger partial charge in [0.25, 0.3) is 0 Å². The predicted octanol–water partition coefficient (Wildman–Crippen LogP) is 8.13. The summed E-state index contributed by atoms with van der Waals surface area (Å²) in [6, 6.07) is 13.5. The Kier molecular flexibility index (Phi) is 6.26. The van der Waals surface area contributed by atoms with Crippen molar-refractivity contribution in [2.24, 2.45) is 0 Å². The van der Waals surface area contributed by atoms with E-state index in [2.05, 4.69) is 31.2 Å². The number of aryl methyl sites for hydroxylation is 1. The number of hydrogen-bond acceptors (Lipinski definition) is 0. The van der Waals surface area contributed by atoms with Crippen molar-refractivity contribution in [1.29, 1.82) is 0 Å². The molecule has 0 unspecified atom stereocenters. The topological polar surface area (TPSA) is 0 Å². The first-order chi connectivity index (χ1) is 15.0. The average Bonchev–Trinajstić information content (AvgIpc) is 2.78.